The summed E-state index contributed by atoms with van der Waals surface area (Å²) in [5, 5.41) is 14.1. The van der Waals surface area contributed by atoms with Gasteiger partial charge in [-0.05, 0) is 29.9 Å². The Morgan fingerprint density at radius 2 is 1.81 bits per heavy atom. The number of hydrogen-bond acceptors (Lipinski definition) is 4. The fourth-order valence-electron chi connectivity index (χ4n) is 2.30. The lowest BCUT2D eigenvalue weighted by Gasteiger charge is -2.16. The Kier molecular flexibility index (Phi) is 5.74. The Bertz CT molecular complexity index is 545. The van der Waals surface area contributed by atoms with E-state index in [4.69, 9.17) is 0 Å². The summed E-state index contributed by atoms with van der Waals surface area (Å²) < 4.78 is 0. The average molecular weight is 303 g/mol. The number of benzene rings is 1. The highest BCUT2D eigenvalue weighted by molar-refractivity contribution is 7.15. The van der Waals surface area contributed by atoms with Crippen LogP contribution in [0.5, 0.6) is 0 Å². The van der Waals surface area contributed by atoms with E-state index in [1.165, 1.54) is 11.1 Å². The molecule has 0 bridgehead atoms. The van der Waals surface area contributed by atoms with Gasteiger partial charge in [-0.25, -0.2) is 0 Å². The summed E-state index contributed by atoms with van der Waals surface area (Å²) in [5.41, 5.74) is 2.69. The molecule has 0 saturated carbocycles. The Balaban J connectivity index is 2.05. The molecule has 0 amide bonds. The minimum absolute atomic E-state index is 0.302. The molecule has 2 rings (SSSR count). The van der Waals surface area contributed by atoms with Gasteiger partial charge in [0.2, 0.25) is 5.13 Å². The standard InChI is InChI=1S/C17H25N3S/c1-5-13-7-9-14(10-8-13)15(6-2)18-17-20-19-16(21-17)11-12(3)4/h7-10,12,15H,5-6,11H2,1-4H3,(H,18,20). The lowest BCUT2D eigenvalue weighted by Crippen LogP contribution is -2.09. The van der Waals surface area contributed by atoms with Gasteiger partial charge in [-0.3, -0.25) is 0 Å². The van der Waals surface area contributed by atoms with E-state index in [1.54, 1.807) is 11.3 Å². The van der Waals surface area contributed by atoms with E-state index < -0.39 is 0 Å². The van der Waals surface area contributed by atoms with Crippen LogP contribution in [-0.2, 0) is 12.8 Å². The van der Waals surface area contributed by atoms with E-state index in [-0.39, 0.29) is 0 Å². The number of nitrogens with zero attached hydrogens (tertiary/aromatic N) is 2. The first-order valence-corrected chi connectivity index (χ1v) is 8.61. The number of aromatic nitrogens is 2. The Morgan fingerprint density at radius 3 is 2.38 bits per heavy atom. The lowest BCUT2D eigenvalue weighted by molar-refractivity contribution is 0.639. The SMILES string of the molecule is CCc1ccc(C(CC)Nc2nnc(CC(C)C)s2)cc1. The molecule has 1 heterocycles. The third-order valence-corrected chi connectivity index (χ3v) is 4.42. The van der Waals surface area contributed by atoms with Crippen LogP contribution in [0.1, 0.15) is 56.3 Å². The second-order valence-corrected chi connectivity index (χ2v) is 6.86. The average Bonchev–Trinajstić information content (AvgIpc) is 2.91. The van der Waals surface area contributed by atoms with Crippen molar-refractivity contribution < 1.29 is 0 Å². The Labute approximate surface area is 131 Å². The monoisotopic (exact) mass is 303 g/mol. The van der Waals surface area contributed by atoms with Gasteiger partial charge in [-0.1, -0.05) is 63.3 Å². The van der Waals surface area contributed by atoms with E-state index >= 15 is 0 Å². The van der Waals surface area contributed by atoms with E-state index in [1.807, 2.05) is 0 Å². The molecule has 0 aliphatic heterocycles. The lowest BCUT2D eigenvalue weighted by atomic mass is 10.0. The van der Waals surface area contributed by atoms with Crippen molar-refractivity contribution in [2.24, 2.45) is 5.92 Å². The maximum atomic E-state index is 4.27. The van der Waals surface area contributed by atoms with E-state index in [2.05, 4.69) is 67.5 Å². The van der Waals surface area contributed by atoms with Crippen molar-refractivity contribution in [1.29, 1.82) is 0 Å². The van der Waals surface area contributed by atoms with Gasteiger partial charge in [0.1, 0.15) is 5.01 Å². The van der Waals surface area contributed by atoms with Crippen molar-refractivity contribution in [3.05, 3.63) is 40.4 Å². The molecule has 0 aliphatic carbocycles. The molecule has 3 nitrogen and oxygen atoms in total. The largest absolute Gasteiger partial charge is 0.353 e. The summed E-state index contributed by atoms with van der Waals surface area (Å²) in [5.74, 6) is 0.620. The zero-order chi connectivity index (χ0) is 15.2. The number of rotatable bonds is 7. The molecule has 114 valence electrons. The number of anilines is 1. The van der Waals surface area contributed by atoms with Gasteiger partial charge >= 0.3 is 0 Å². The quantitative estimate of drug-likeness (QED) is 0.793. The number of hydrogen-bond donors (Lipinski definition) is 1. The van der Waals surface area contributed by atoms with Crippen LogP contribution in [0.3, 0.4) is 0 Å². The van der Waals surface area contributed by atoms with E-state index in [9.17, 15) is 0 Å². The van der Waals surface area contributed by atoms with Gasteiger partial charge in [0.25, 0.3) is 0 Å². The fraction of sp³-hybridized carbons (Fsp3) is 0.529. The molecule has 1 atom stereocenters. The molecule has 1 aromatic heterocycles. The molecular formula is C17H25N3S. The smallest absolute Gasteiger partial charge is 0.206 e. The predicted octanol–water partition coefficient (Wildman–Crippen LogP) is 4.86. The topological polar surface area (TPSA) is 37.8 Å². The van der Waals surface area contributed by atoms with Gasteiger partial charge in [0, 0.05) is 6.42 Å². The maximum absolute atomic E-state index is 4.27. The first-order chi connectivity index (χ1) is 10.1. The molecule has 0 radical (unpaired) electrons. The molecule has 1 unspecified atom stereocenters. The second-order valence-electron chi connectivity index (χ2n) is 5.80. The third kappa shape index (κ3) is 4.53. The van der Waals surface area contributed by atoms with Gasteiger partial charge in [-0.2, -0.15) is 0 Å². The Morgan fingerprint density at radius 1 is 1.10 bits per heavy atom. The molecule has 0 spiro atoms. The van der Waals surface area contributed by atoms with Gasteiger partial charge in [-0.15, -0.1) is 10.2 Å². The van der Waals surface area contributed by atoms with Gasteiger partial charge in [0.05, 0.1) is 6.04 Å². The molecule has 1 aromatic carbocycles. The summed E-state index contributed by atoms with van der Waals surface area (Å²) in [6.45, 7) is 8.79. The van der Waals surface area contributed by atoms with Crippen LogP contribution in [0.15, 0.2) is 24.3 Å². The zero-order valence-electron chi connectivity index (χ0n) is 13.4. The molecule has 1 N–H and O–H groups in total. The normalized spacial score (nSPS) is 12.6. The third-order valence-electron chi connectivity index (χ3n) is 3.55. The predicted molar refractivity (Wildman–Crippen MR) is 90.9 cm³/mol. The number of nitrogens with one attached hydrogen (secondary N) is 1. The second kappa shape index (κ2) is 7.55. The maximum Gasteiger partial charge on any atom is 0.206 e. The minimum Gasteiger partial charge on any atom is -0.353 e. The van der Waals surface area contributed by atoms with E-state index in [0.29, 0.717) is 12.0 Å². The Hall–Kier alpha value is -1.42. The molecule has 0 fully saturated rings. The van der Waals surface area contributed by atoms with Crippen LogP contribution in [0.25, 0.3) is 0 Å². The van der Waals surface area contributed by atoms with Crippen LogP contribution < -0.4 is 5.32 Å². The van der Waals surface area contributed by atoms with E-state index in [0.717, 1.165) is 29.4 Å². The van der Waals surface area contributed by atoms with Crippen molar-refractivity contribution in [3.63, 3.8) is 0 Å². The molecular weight excluding hydrogens is 278 g/mol. The van der Waals surface area contributed by atoms with Crippen molar-refractivity contribution in [2.75, 3.05) is 5.32 Å². The van der Waals surface area contributed by atoms with Crippen LogP contribution in [0.4, 0.5) is 5.13 Å². The molecule has 0 aliphatic rings. The van der Waals surface area contributed by atoms with Gasteiger partial charge in [0.15, 0.2) is 0 Å². The first kappa shape index (κ1) is 16.0. The van der Waals surface area contributed by atoms with Crippen molar-refractivity contribution in [2.45, 2.75) is 53.0 Å². The van der Waals surface area contributed by atoms with Gasteiger partial charge < -0.3 is 5.32 Å². The summed E-state index contributed by atoms with van der Waals surface area (Å²) in [7, 11) is 0. The summed E-state index contributed by atoms with van der Waals surface area (Å²) in [4.78, 5) is 0. The highest BCUT2D eigenvalue weighted by atomic mass is 32.1. The summed E-state index contributed by atoms with van der Waals surface area (Å²) in [6, 6.07) is 9.16. The first-order valence-electron chi connectivity index (χ1n) is 7.80. The van der Waals surface area contributed by atoms with Crippen LogP contribution in [0.2, 0.25) is 0 Å². The molecule has 0 saturated heterocycles. The molecule has 2 aromatic rings. The van der Waals surface area contributed by atoms with Crippen molar-refractivity contribution in [3.8, 4) is 0 Å². The summed E-state index contributed by atoms with van der Waals surface area (Å²) in [6.07, 6.45) is 3.12. The van der Waals surface area contributed by atoms with Crippen LogP contribution >= 0.6 is 11.3 Å². The molecule has 21 heavy (non-hydrogen) atoms. The van der Waals surface area contributed by atoms with Crippen LogP contribution in [0, 0.1) is 5.92 Å². The molecule has 4 heteroatoms. The highest BCUT2D eigenvalue weighted by Crippen LogP contribution is 2.26. The van der Waals surface area contributed by atoms with Crippen molar-refractivity contribution in [1.82, 2.24) is 10.2 Å². The van der Waals surface area contributed by atoms with Crippen molar-refractivity contribution >= 4 is 16.5 Å². The zero-order valence-corrected chi connectivity index (χ0v) is 14.2. The highest BCUT2D eigenvalue weighted by Gasteiger charge is 2.12. The fourth-order valence-corrected chi connectivity index (χ4v) is 3.30. The minimum atomic E-state index is 0.302. The van der Waals surface area contributed by atoms with Crippen LogP contribution in [-0.4, -0.2) is 10.2 Å². The number of aryl methyl sites for hydroxylation is 1. The summed E-state index contributed by atoms with van der Waals surface area (Å²) >= 11 is 1.67.